The average Bonchev–Trinajstić information content (AvgIpc) is 3.53. The summed E-state index contributed by atoms with van der Waals surface area (Å²) in [5, 5.41) is 3.55. The van der Waals surface area contributed by atoms with Gasteiger partial charge in [-0.1, -0.05) is 17.7 Å². The van der Waals surface area contributed by atoms with Gasteiger partial charge in [0.1, 0.15) is 16.5 Å². The number of halogens is 5. The predicted molar refractivity (Wildman–Crippen MR) is 141 cm³/mol. The largest absolute Gasteiger partial charge is 0.345 e. The smallest absolute Gasteiger partial charge is 0.333 e. The number of nitrogens with zero attached hydrogens (tertiary/aromatic N) is 5. The second-order valence-corrected chi connectivity index (χ2v) is 10.4. The highest BCUT2D eigenvalue weighted by Crippen LogP contribution is 2.56. The number of benzene rings is 1. The molecule has 5 rings (SSSR count). The molecule has 4 aromatic rings. The molecule has 40 heavy (non-hydrogen) atoms. The summed E-state index contributed by atoms with van der Waals surface area (Å²) in [5.41, 5.74) is 0.154. The van der Waals surface area contributed by atoms with Gasteiger partial charge in [-0.3, -0.25) is 19.1 Å². The van der Waals surface area contributed by atoms with Gasteiger partial charge in [0.2, 0.25) is 0 Å². The molecule has 1 saturated carbocycles. The molecule has 2 atom stereocenters. The summed E-state index contributed by atoms with van der Waals surface area (Å²) >= 11 is 6.52. The molecule has 1 amide bonds. The number of carbonyl (C=O) groups excluding carboxylic acids is 1. The maximum absolute atomic E-state index is 16.1. The number of amides is 1. The van der Waals surface area contributed by atoms with Crippen molar-refractivity contribution in [1.82, 2.24) is 24.2 Å². The average molecular weight is 574 g/mol. The fourth-order valence-electron chi connectivity index (χ4n) is 4.99. The van der Waals surface area contributed by atoms with E-state index in [1.54, 1.807) is 19.9 Å². The van der Waals surface area contributed by atoms with Crippen LogP contribution in [0.3, 0.4) is 0 Å². The topological polar surface area (TPSA) is 73.0 Å². The van der Waals surface area contributed by atoms with E-state index < -0.39 is 29.7 Å². The van der Waals surface area contributed by atoms with Crippen molar-refractivity contribution < 1.29 is 22.4 Å². The second kappa shape index (κ2) is 10.2. The van der Waals surface area contributed by atoms with Crippen LogP contribution < -0.4 is 5.56 Å². The van der Waals surface area contributed by atoms with Crippen LogP contribution in [0.25, 0.3) is 16.9 Å². The van der Waals surface area contributed by atoms with E-state index in [1.165, 1.54) is 55.8 Å². The van der Waals surface area contributed by atoms with Crippen LogP contribution >= 0.6 is 11.6 Å². The normalized spacial score (nSPS) is 16.4. The quantitative estimate of drug-likeness (QED) is 0.265. The van der Waals surface area contributed by atoms with Gasteiger partial charge < -0.3 is 4.90 Å². The van der Waals surface area contributed by atoms with Crippen molar-refractivity contribution in [3.05, 3.63) is 97.8 Å². The molecule has 208 valence electrons. The first-order chi connectivity index (χ1) is 18.9. The number of aryl methyl sites for hydroxylation is 2. The molecule has 0 N–H and O–H groups in total. The molecule has 1 aromatic carbocycles. The molecule has 0 spiro atoms. The Hall–Kier alpha value is -3.99. The predicted octanol–water partition coefficient (Wildman–Crippen LogP) is 6.01. The zero-order valence-electron chi connectivity index (χ0n) is 21.9. The van der Waals surface area contributed by atoms with Crippen LogP contribution in [-0.4, -0.2) is 44.2 Å². The number of hydrogen-bond acceptors (Lipinski definition) is 4. The lowest BCUT2D eigenvalue weighted by molar-refractivity contribution is 0.0565. The highest BCUT2D eigenvalue weighted by Gasteiger charge is 2.42. The monoisotopic (exact) mass is 573 g/mol. The molecule has 12 heteroatoms. The Morgan fingerprint density at radius 2 is 1.85 bits per heavy atom. The SMILES string of the molecule is Cc1cnc(-c2cccc(C(=O)N(C)C)c2F)c(F)c1-n1c(C)cc([C@H]2C[C@@H]2c2cnn(C(F)F)c2)c(Cl)c1=O. The minimum atomic E-state index is -2.76. The van der Waals surface area contributed by atoms with Crippen LogP contribution in [0.15, 0.2) is 47.7 Å². The van der Waals surface area contributed by atoms with E-state index in [1.807, 2.05) is 0 Å². The minimum Gasteiger partial charge on any atom is -0.345 e. The molecule has 1 aliphatic rings. The fraction of sp³-hybridized carbons (Fsp3) is 0.286. The van der Waals surface area contributed by atoms with Gasteiger partial charge in [0.05, 0.1) is 17.4 Å². The van der Waals surface area contributed by atoms with Crippen LogP contribution in [0.5, 0.6) is 0 Å². The lowest BCUT2D eigenvalue weighted by Crippen LogP contribution is -2.25. The Kier molecular flexibility index (Phi) is 7.03. The summed E-state index contributed by atoms with van der Waals surface area (Å²) in [6, 6.07) is 5.70. The zero-order chi connectivity index (χ0) is 29.0. The molecular formula is C28H24ClF4N5O2. The molecule has 1 aliphatic carbocycles. The summed E-state index contributed by atoms with van der Waals surface area (Å²) in [7, 11) is 2.94. The molecule has 0 unspecified atom stereocenters. The van der Waals surface area contributed by atoms with Crippen LogP contribution in [-0.2, 0) is 0 Å². The Morgan fingerprint density at radius 3 is 2.50 bits per heavy atom. The highest BCUT2D eigenvalue weighted by atomic mass is 35.5. The highest BCUT2D eigenvalue weighted by molar-refractivity contribution is 6.31. The van der Waals surface area contributed by atoms with Crippen molar-refractivity contribution in [2.75, 3.05) is 14.1 Å². The van der Waals surface area contributed by atoms with Crippen molar-refractivity contribution in [2.24, 2.45) is 0 Å². The van der Waals surface area contributed by atoms with Gasteiger partial charge in [-0.25, -0.2) is 13.5 Å². The fourth-order valence-corrected chi connectivity index (χ4v) is 5.27. The number of alkyl halides is 2. The summed E-state index contributed by atoms with van der Waals surface area (Å²) in [6.45, 7) is 0.417. The zero-order valence-corrected chi connectivity index (χ0v) is 22.7. The maximum Gasteiger partial charge on any atom is 0.333 e. The number of aromatic nitrogens is 4. The van der Waals surface area contributed by atoms with E-state index in [4.69, 9.17) is 11.6 Å². The lowest BCUT2D eigenvalue weighted by atomic mass is 10.0. The standard InChI is InChI=1S/C28H24ClF4N5O2/c1-13-10-34-24(16-6-5-7-17(22(16)30)26(39)36(3)4)23(31)25(13)38-14(2)8-20(21(29)27(38)40)19-9-18(19)15-11-35-37(12-15)28(32)33/h5-8,10-12,18-19,28H,9H2,1-4H3/t18-,19+/m1/s1. The van der Waals surface area contributed by atoms with Gasteiger partial charge in [0.15, 0.2) is 5.82 Å². The summed E-state index contributed by atoms with van der Waals surface area (Å²) in [5.74, 6) is -2.80. The van der Waals surface area contributed by atoms with Crippen molar-refractivity contribution in [2.45, 2.75) is 38.7 Å². The number of carbonyl (C=O) groups is 1. The van der Waals surface area contributed by atoms with Gasteiger partial charge in [0, 0.05) is 37.7 Å². The first kappa shape index (κ1) is 27.6. The van der Waals surface area contributed by atoms with Crippen molar-refractivity contribution in [3.63, 3.8) is 0 Å². The third-order valence-electron chi connectivity index (χ3n) is 7.09. The van der Waals surface area contributed by atoms with E-state index >= 15 is 8.78 Å². The number of rotatable bonds is 6. The van der Waals surface area contributed by atoms with Crippen molar-refractivity contribution in [1.29, 1.82) is 0 Å². The van der Waals surface area contributed by atoms with Gasteiger partial charge in [-0.2, -0.15) is 13.9 Å². The molecule has 3 aromatic heterocycles. The van der Waals surface area contributed by atoms with Gasteiger partial charge >= 0.3 is 6.55 Å². The van der Waals surface area contributed by atoms with Crippen LogP contribution in [0.2, 0.25) is 5.02 Å². The van der Waals surface area contributed by atoms with Crippen molar-refractivity contribution in [3.8, 4) is 16.9 Å². The molecule has 3 heterocycles. The van der Waals surface area contributed by atoms with E-state index in [2.05, 4.69) is 10.1 Å². The Balaban J connectivity index is 1.57. The molecular weight excluding hydrogens is 550 g/mol. The van der Waals surface area contributed by atoms with Crippen LogP contribution in [0, 0.1) is 25.5 Å². The first-order valence-corrected chi connectivity index (χ1v) is 12.7. The third-order valence-corrected chi connectivity index (χ3v) is 7.47. The molecule has 0 aliphatic heterocycles. The molecule has 0 saturated heterocycles. The maximum atomic E-state index is 16.1. The number of hydrogen-bond donors (Lipinski definition) is 0. The number of pyridine rings is 2. The first-order valence-electron chi connectivity index (χ1n) is 12.3. The third kappa shape index (κ3) is 4.57. The van der Waals surface area contributed by atoms with E-state index in [0.29, 0.717) is 33.5 Å². The molecule has 1 fully saturated rings. The minimum absolute atomic E-state index is 0.124. The van der Waals surface area contributed by atoms with E-state index in [-0.39, 0.29) is 39.4 Å². The van der Waals surface area contributed by atoms with Gasteiger partial charge in [-0.05, 0) is 67.0 Å². The molecule has 0 radical (unpaired) electrons. The van der Waals surface area contributed by atoms with E-state index in [0.717, 1.165) is 4.57 Å². The summed E-state index contributed by atoms with van der Waals surface area (Å²) in [4.78, 5) is 31.2. The van der Waals surface area contributed by atoms with Gasteiger partial charge in [-0.15, -0.1) is 0 Å². The second-order valence-electron chi connectivity index (χ2n) is 9.99. The lowest BCUT2D eigenvalue weighted by Gasteiger charge is -2.18. The van der Waals surface area contributed by atoms with Crippen molar-refractivity contribution >= 4 is 17.5 Å². The summed E-state index contributed by atoms with van der Waals surface area (Å²) < 4.78 is 59.0. The van der Waals surface area contributed by atoms with Crippen LogP contribution in [0.1, 0.15) is 57.5 Å². The Bertz CT molecular complexity index is 1720. The molecule has 0 bridgehead atoms. The van der Waals surface area contributed by atoms with Gasteiger partial charge in [0.25, 0.3) is 11.5 Å². The van der Waals surface area contributed by atoms with Crippen LogP contribution in [0.4, 0.5) is 17.6 Å². The Labute approximate surface area is 231 Å². The Morgan fingerprint density at radius 1 is 1.12 bits per heavy atom. The molecule has 7 nitrogen and oxygen atoms in total. The summed E-state index contributed by atoms with van der Waals surface area (Å²) in [6.07, 6.45) is 4.55. The van der Waals surface area contributed by atoms with E-state index in [9.17, 15) is 18.4 Å².